The monoisotopic (exact) mass is 316 g/mol. The van der Waals surface area contributed by atoms with Crippen LogP contribution in [0.15, 0.2) is 30.3 Å². The fourth-order valence-corrected chi connectivity index (χ4v) is 3.89. The second-order valence-corrected chi connectivity index (χ2v) is 7.60. The van der Waals surface area contributed by atoms with Gasteiger partial charge in [-0.25, -0.2) is 0 Å². The first-order valence-corrected chi connectivity index (χ1v) is 9.92. The Morgan fingerprint density at radius 2 is 1.52 bits per heavy atom. The molecule has 1 aromatic carbocycles. The molecule has 23 heavy (non-hydrogen) atoms. The fraction of sp³-hybridized carbons (Fsp3) is 0.727. The summed E-state index contributed by atoms with van der Waals surface area (Å²) in [5.74, 6) is 1.83. The standard InChI is InChI=1S/C22H36O/c1-19(2)23-18-10-5-3-4-7-11-20-14-16-22(17-15-20)21-12-8-6-9-13-21/h6,8-9,12-13,19-20,22H,3-5,7,10-11,14-18H2,1-2H3. The molecule has 1 aromatic rings. The van der Waals surface area contributed by atoms with E-state index in [1.54, 1.807) is 5.56 Å². The molecular formula is C22H36O. The van der Waals surface area contributed by atoms with Crippen LogP contribution < -0.4 is 0 Å². The summed E-state index contributed by atoms with van der Waals surface area (Å²) >= 11 is 0. The van der Waals surface area contributed by atoms with Crippen molar-refractivity contribution in [3.05, 3.63) is 35.9 Å². The van der Waals surface area contributed by atoms with Crippen molar-refractivity contribution in [2.45, 2.75) is 90.1 Å². The van der Waals surface area contributed by atoms with Gasteiger partial charge < -0.3 is 4.74 Å². The van der Waals surface area contributed by atoms with Crippen molar-refractivity contribution in [2.24, 2.45) is 5.92 Å². The van der Waals surface area contributed by atoms with Gasteiger partial charge in [0.05, 0.1) is 6.10 Å². The molecule has 0 bridgehead atoms. The Labute approximate surface area is 143 Å². The molecule has 1 heteroatoms. The lowest BCUT2D eigenvalue weighted by atomic mass is 9.77. The van der Waals surface area contributed by atoms with Crippen LogP contribution in [-0.2, 0) is 4.74 Å². The van der Waals surface area contributed by atoms with E-state index in [4.69, 9.17) is 4.74 Å². The average Bonchev–Trinajstić information content (AvgIpc) is 2.58. The molecule has 0 aromatic heterocycles. The highest BCUT2D eigenvalue weighted by molar-refractivity contribution is 5.19. The summed E-state index contributed by atoms with van der Waals surface area (Å²) in [5, 5.41) is 0. The molecule has 0 heterocycles. The van der Waals surface area contributed by atoms with Crippen LogP contribution in [0, 0.1) is 5.92 Å². The predicted octanol–water partition coefficient (Wildman–Crippen LogP) is 6.73. The summed E-state index contributed by atoms with van der Waals surface area (Å²) in [4.78, 5) is 0. The lowest BCUT2D eigenvalue weighted by Crippen LogP contribution is -2.13. The largest absolute Gasteiger partial charge is 0.379 e. The van der Waals surface area contributed by atoms with Crippen LogP contribution in [-0.4, -0.2) is 12.7 Å². The van der Waals surface area contributed by atoms with E-state index in [1.165, 1.54) is 64.2 Å². The lowest BCUT2D eigenvalue weighted by Gasteiger charge is -2.28. The van der Waals surface area contributed by atoms with Crippen molar-refractivity contribution in [3.63, 3.8) is 0 Å². The predicted molar refractivity (Wildman–Crippen MR) is 99.9 cm³/mol. The third kappa shape index (κ3) is 7.52. The molecule has 1 saturated carbocycles. The molecule has 130 valence electrons. The van der Waals surface area contributed by atoms with Gasteiger partial charge >= 0.3 is 0 Å². The van der Waals surface area contributed by atoms with Gasteiger partial charge in [0.15, 0.2) is 0 Å². The summed E-state index contributed by atoms with van der Waals surface area (Å²) in [6.07, 6.45) is 14.4. The van der Waals surface area contributed by atoms with Crippen LogP contribution in [0.5, 0.6) is 0 Å². The van der Waals surface area contributed by atoms with Crippen molar-refractivity contribution < 1.29 is 4.74 Å². The number of unbranched alkanes of at least 4 members (excludes halogenated alkanes) is 4. The molecule has 0 unspecified atom stereocenters. The molecule has 0 N–H and O–H groups in total. The SMILES string of the molecule is CC(C)OCCCCCCCC1CCC(c2ccccc2)CC1. The number of rotatable bonds is 10. The Hall–Kier alpha value is -0.820. The molecule has 0 atom stereocenters. The second-order valence-electron chi connectivity index (χ2n) is 7.60. The van der Waals surface area contributed by atoms with E-state index < -0.39 is 0 Å². The van der Waals surface area contributed by atoms with Crippen LogP contribution in [0.3, 0.4) is 0 Å². The molecule has 0 radical (unpaired) electrons. The zero-order chi connectivity index (χ0) is 16.3. The average molecular weight is 317 g/mol. The highest BCUT2D eigenvalue weighted by atomic mass is 16.5. The number of ether oxygens (including phenoxy) is 1. The van der Waals surface area contributed by atoms with Crippen LogP contribution in [0.4, 0.5) is 0 Å². The Morgan fingerprint density at radius 1 is 0.870 bits per heavy atom. The van der Waals surface area contributed by atoms with E-state index in [0.717, 1.165) is 18.4 Å². The van der Waals surface area contributed by atoms with Crippen molar-refractivity contribution >= 4 is 0 Å². The van der Waals surface area contributed by atoms with Crippen molar-refractivity contribution in [3.8, 4) is 0 Å². The molecular weight excluding hydrogens is 280 g/mol. The minimum Gasteiger partial charge on any atom is -0.379 e. The smallest absolute Gasteiger partial charge is 0.0518 e. The Morgan fingerprint density at radius 3 is 2.22 bits per heavy atom. The maximum absolute atomic E-state index is 5.59. The Bertz CT molecular complexity index is 390. The molecule has 0 aliphatic heterocycles. The minimum atomic E-state index is 0.390. The third-order valence-electron chi connectivity index (χ3n) is 5.33. The van der Waals surface area contributed by atoms with E-state index in [-0.39, 0.29) is 0 Å². The van der Waals surface area contributed by atoms with Crippen LogP contribution in [0.25, 0.3) is 0 Å². The first-order valence-electron chi connectivity index (χ1n) is 9.92. The molecule has 1 nitrogen and oxygen atoms in total. The summed E-state index contributed by atoms with van der Waals surface area (Å²) in [7, 11) is 0. The van der Waals surface area contributed by atoms with Crippen LogP contribution in [0.2, 0.25) is 0 Å². The zero-order valence-corrected chi connectivity index (χ0v) is 15.3. The maximum Gasteiger partial charge on any atom is 0.0518 e. The topological polar surface area (TPSA) is 9.23 Å². The van der Waals surface area contributed by atoms with Crippen molar-refractivity contribution in [1.82, 2.24) is 0 Å². The summed E-state index contributed by atoms with van der Waals surface area (Å²) < 4.78 is 5.59. The van der Waals surface area contributed by atoms with Gasteiger partial charge in [0, 0.05) is 6.61 Å². The van der Waals surface area contributed by atoms with E-state index in [0.29, 0.717) is 6.10 Å². The molecule has 1 aliphatic carbocycles. The quantitative estimate of drug-likeness (QED) is 0.435. The molecule has 2 rings (SSSR count). The van der Waals surface area contributed by atoms with Gasteiger partial charge in [0.25, 0.3) is 0 Å². The minimum absolute atomic E-state index is 0.390. The summed E-state index contributed by atoms with van der Waals surface area (Å²) in [6.45, 7) is 5.18. The van der Waals surface area contributed by atoms with Gasteiger partial charge in [-0.2, -0.15) is 0 Å². The fourth-order valence-electron chi connectivity index (χ4n) is 3.89. The highest BCUT2D eigenvalue weighted by Crippen LogP contribution is 2.37. The van der Waals surface area contributed by atoms with Crippen LogP contribution >= 0.6 is 0 Å². The molecule has 1 fully saturated rings. The van der Waals surface area contributed by atoms with Crippen molar-refractivity contribution in [2.75, 3.05) is 6.61 Å². The van der Waals surface area contributed by atoms with E-state index in [9.17, 15) is 0 Å². The molecule has 0 spiro atoms. The van der Waals surface area contributed by atoms with Gasteiger partial charge in [0.1, 0.15) is 0 Å². The zero-order valence-electron chi connectivity index (χ0n) is 15.3. The third-order valence-corrected chi connectivity index (χ3v) is 5.33. The molecule has 0 amide bonds. The number of hydrogen-bond acceptors (Lipinski definition) is 1. The van der Waals surface area contributed by atoms with Crippen molar-refractivity contribution in [1.29, 1.82) is 0 Å². The highest BCUT2D eigenvalue weighted by Gasteiger charge is 2.21. The first kappa shape index (κ1) is 18.5. The Balaban J connectivity index is 1.47. The van der Waals surface area contributed by atoms with Gasteiger partial charge in [-0.3, -0.25) is 0 Å². The molecule has 1 aliphatic rings. The van der Waals surface area contributed by atoms with Crippen LogP contribution in [0.1, 0.15) is 89.5 Å². The maximum atomic E-state index is 5.59. The van der Waals surface area contributed by atoms with Gasteiger partial charge in [-0.1, -0.05) is 62.4 Å². The number of hydrogen-bond donors (Lipinski definition) is 0. The molecule has 0 saturated heterocycles. The van der Waals surface area contributed by atoms with E-state index in [2.05, 4.69) is 44.2 Å². The number of benzene rings is 1. The normalized spacial score (nSPS) is 21.7. The summed E-state index contributed by atoms with van der Waals surface area (Å²) in [5.41, 5.74) is 1.56. The Kier molecular flexibility index (Phi) is 8.74. The van der Waals surface area contributed by atoms with Gasteiger partial charge in [-0.15, -0.1) is 0 Å². The van der Waals surface area contributed by atoms with E-state index >= 15 is 0 Å². The first-order chi connectivity index (χ1) is 11.3. The van der Waals surface area contributed by atoms with E-state index in [1.807, 2.05) is 0 Å². The second kappa shape index (κ2) is 10.9. The van der Waals surface area contributed by atoms with Gasteiger partial charge in [0.2, 0.25) is 0 Å². The van der Waals surface area contributed by atoms with Gasteiger partial charge in [-0.05, 0) is 63.4 Å². The lowest BCUT2D eigenvalue weighted by molar-refractivity contribution is 0.0756. The summed E-state index contributed by atoms with van der Waals surface area (Å²) in [6, 6.07) is 11.1.